The molecule has 4 aromatic rings. The summed E-state index contributed by atoms with van der Waals surface area (Å²) >= 11 is 12.1. The molecule has 0 aliphatic rings. The van der Waals surface area contributed by atoms with Gasteiger partial charge in [-0.3, -0.25) is 0 Å². The largest absolute Gasteiger partial charge is 0.489 e. The van der Waals surface area contributed by atoms with Crippen LogP contribution in [0.4, 0.5) is 0 Å². The molecule has 36 heavy (non-hydrogen) atoms. The van der Waals surface area contributed by atoms with Crippen LogP contribution in [0.5, 0.6) is 11.5 Å². The van der Waals surface area contributed by atoms with E-state index in [1.807, 2.05) is 42.5 Å². The summed E-state index contributed by atoms with van der Waals surface area (Å²) in [7, 11) is -3.23. The summed E-state index contributed by atoms with van der Waals surface area (Å²) in [5.74, 6) is 1.27. The van der Waals surface area contributed by atoms with E-state index in [0.29, 0.717) is 27.6 Å². The molecule has 0 N–H and O–H groups in total. The minimum atomic E-state index is -3.23. The van der Waals surface area contributed by atoms with Gasteiger partial charge in [-0.05, 0) is 47.0 Å². The second-order valence-corrected chi connectivity index (χ2v) is 11.0. The van der Waals surface area contributed by atoms with Crippen molar-refractivity contribution in [2.45, 2.75) is 12.4 Å². The maximum atomic E-state index is 11.6. The molecule has 0 saturated heterocycles. The number of halogens is 2. The van der Waals surface area contributed by atoms with Crippen LogP contribution in [0.1, 0.15) is 17.0 Å². The molecule has 1 heterocycles. The summed E-state index contributed by atoms with van der Waals surface area (Å²) in [4.78, 5) is 8.51. The van der Waals surface area contributed by atoms with E-state index < -0.39 is 9.84 Å². The summed E-state index contributed by atoms with van der Waals surface area (Å²) in [6.45, 7) is 0.526. The molecule has 3 aromatic carbocycles. The van der Waals surface area contributed by atoms with Crippen LogP contribution in [-0.4, -0.2) is 37.1 Å². The summed E-state index contributed by atoms with van der Waals surface area (Å²) in [5.41, 5.74) is 3.41. The Bertz CT molecular complexity index is 1570. The smallest absolute Gasteiger partial charge is 0.155 e. The Kier molecular flexibility index (Phi) is 7.94. The predicted octanol–water partition coefficient (Wildman–Crippen LogP) is 5.56. The van der Waals surface area contributed by atoms with Crippen molar-refractivity contribution in [2.75, 3.05) is 18.7 Å². The fourth-order valence-corrected chi connectivity index (χ4v) is 4.52. The van der Waals surface area contributed by atoms with Crippen molar-refractivity contribution < 1.29 is 17.9 Å². The number of hydrogen-bond acceptors (Lipinski definition) is 7. The van der Waals surface area contributed by atoms with Gasteiger partial charge in [0.2, 0.25) is 0 Å². The molecule has 10 heteroatoms. The Labute approximate surface area is 219 Å². The molecule has 0 aliphatic carbocycles. The highest BCUT2D eigenvalue weighted by molar-refractivity contribution is 7.89. The minimum absolute atomic E-state index is 0.214. The summed E-state index contributed by atoms with van der Waals surface area (Å²) in [5, 5.41) is 10.7. The molecule has 0 radical (unpaired) electrons. The van der Waals surface area contributed by atoms with Crippen molar-refractivity contribution in [3.8, 4) is 28.7 Å². The monoisotopic (exact) mass is 541 g/mol. The van der Waals surface area contributed by atoms with E-state index in [4.69, 9.17) is 32.7 Å². The molecule has 1 aromatic heterocycles. The maximum absolute atomic E-state index is 11.6. The lowest BCUT2D eigenvalue weighted by Crippen LogP contribution is -2.05. The fourth-order valence-electron chi connectivity index (χ4n) is 3.56. The lowest BCUT2D eigenvalue weighted by molar-refractivity contribution is 0.306. The molecule has 0 aliphatic heterocycles. The van der Waals surface area contributed by atoms with Crippen LogP contribution in [0, 0.1) is 11.3 Å². The van der Waals surface area contributed by atoms with Crippen LogP contribution in [-0.2, 0) is 22.2 Å². The summed E-state index contributed by atoms with van der Waals surface area (Å²) in [6, 6.07) is 18.6. The van der Waals surface area contributed by atoms with E-state index in [1.165, 1.54) is 0 Å². The first kappa shape index (κ1) is 25.7. The molecule has 0 bridgehead atoms. The first-order valence-electron chi connectivity index (χ1n) is 10.8. The first-order chi connectivity index (χ1) is 17.3. The van der Waals surface area contributed by atoms with Gasteiger partial charge in [-0.25, -0.2) is 18.4 Å². The molecule has 0 spiro atoms. The van der Waals surface area contributed by atoms with E-state index in [9.17, 15) is 13.7 Å². The van der Waals surface area contributed by atoms with Crippen LogP contribution in [0.25, 0.3) is 22.0 Å². The van der Waals surface area contributed by atoms with Crippen molar-refractivity contribution in [3.63, 3.8) is 0 Å². The topological polar surface area (TPSA) is 102 Å². The van der Waals surface area contributed by atoms with Gasteiger partial charge in [0.1, 0.15) is 36.6 Å². The van der Waals surface area contributed by atoms with Gasteiger partial charge in [-0.2, -0.15) is 5.26 Å². The Morgan fingerprint density at radius 2 is 1.89 bits per heavy atom. The van der Waals surface area contributed by atoms with E-state index >= 15 is 0 Å². The summed E-state index contributed by atoms with van der Waals surface area (Å²) < 4.78 is 34.7. The molecule has 184 valence electrons. The SMILES string of the molecule is CS(=O)(=O)Cc1ncc2ccc(COc3cccc(-c4cc(Cl)c(OCCCl)c(C#N)c4)c3)cc2n1. The fraction of sp³-hybridized carbons (Fsp3) is 0.192. The molecule has 0 fully saturated rings. The normalized spacial score (nSPS) is 11.3. The Hall–Kier alpha value is -3.38. The second kappa shape index (κ2) is 11.1. The number of hydrogen-bond donors (Lipinski definition) is 0. The number of aromatic nitrogens is 2. The average Bonchev–Trinajstić information content (AvgIpc) is 2.85. The molecular weight excluding hydrogens is 521 g/mol. The molecular formula is C26H21Cl2N3O4S. The highest BCUT2D eigenvalue weighted by atomic mass is 35.5. The van der Waals surface area contributed by atoms with Crippen LogP contribution < -0.4 is 9.47 Å². The number of benzene rings is 3. The number of ether oxygens (including phenoxy) is 2. The average molecular weight is 542 g/mol. The third kappa shape index (κ3) is 6.43. The Balaban J connectivity index is 1.53. The Morgan fingerprint density at radius 1 is 1.06 bits per heavy atom. The van der Waals surface area contributed by atoms with E-state index in [2.05, 4.69) is 16.0 Å². The van der Waals surface area contributed by atoms with Crippen LogP contribution in [0.3, 0.4) is 0 Å². The zero-order valence-electron chi connectivity index (χ0n) is 19.2. The molecule has 0 unspecified atom stereocenters. The zero-order chi connectivity index (χ0) is 25.7. The number of sulfone groups is 1. The van der Waals surface area contributed by atoms with Gasteiger partial charge in [-0.15, -0.1) is 11.6 Å². The van der Waals surface area contributed by atoms with Crippen LogP contribution >= 0.6 is 23.2 Å². The molecule has 7 nitrogen and oxygen atoms in total. The van der Waals surface area contributed by atoms with Crippen molar-refractivity contribution in [1.82, 2.24) is 9.97 Å². The number of nitriles is 1. The standard InChI is InChI=1S/C26H21Cl2N3O4S/c1-36(32,33)16-25-30-14-19-6-5-17(9-24(19)31-25)15-35-22-4-2-3-18(11-22)20-10-21(13-29)26(23(28)12-20)34-8-7-27/h2-6,9-12,14H,7-8,15-16H2,1H3. The van der Waals surface area contributed by atoms with Crippen molar-refractivity contribution in [2.24, 2.45) is 0 Å². The number of alkyl halides is 1. The van der Waals surface area contributed by atoms with Gasteiger partial charge in [0, 0.05) is 17.8 Å². The lowest BCUT2D eigenvalue weighted by atomic mass is 10.0. The third-order valence-electron chi connectivity index (χ3n) is 5.15. The second-order valence-electron chi connectivity index (χ2n) is 8.05. The van der Waals surface area contributed by atoms with E-state index in [1.54, 1.807) is 18.3 Å². The maximum Gasteiger partial charge on any atom is 0.155 e. The van der Waals surface area contributed by atoms with Crippen LogP contribution in [0.2, 0.25) is 5.02 Å². The number of fused-ring (bicyclic) bond motifs is 1. The first-order valence-corrected chi connectivity index (χ1v) is 13.8. The predicted molar refractivity (Wildman–Crippen MR) is 140 cm³/mol. The number of rotatable bonds is 9. The summed E-state index contributed by atoms with van der Waals surface area (Å²) in [6.07, 6.45) is 2.77. The minimum Gasteiger partial charge on any atom is -0.489 e. The van der Waals surface area contributed by atoms with Crippen molar-refractivity contribution in [1.29, 1.82) is 5.26 Å². The van der Waals surface area contributed by atoms with Gasteiger partial charge in [0.05, 0.1) is 22.0 Å². The molecule has 0 saturated carbocycles. The van der Waals surface area contributed by atoms with Crippen LogP contribution in [0.15, 0.2) is 60.8 Å². The zero-order valence-corrected chi connectivity index (χ0v) is 21.6. The molecule has 4 rings (SSSR count). The molecule has 0 atom stereocenters. The van der Waals surface area contributed by atoms with Crippen molar-refractivity contribution in [3.05, 3.63) is 82.8 Å². The molecule has 0 amide bonds. The van der Waals surface area contributed by atoms with Gasteiger partial charge in [-0.1, -0.05) is 35.9 Å². The third-order valence-corrected chi connectivity index (χ3v) is 6.37. The van der Waals surface area contributed by atoms with Crippen molar-refractivity contribution >= 4 is 43.9 Å². The van der Waals surface area contributed by atoms with E-state index in [-0.39, 0.29) is 30.7 Å². The number of nitrogens with zero attached hydrogens (tertiary/aromatic N) is 3. The van der Waals surface area contributed by atoms with Gasteiger partial charge in [0.25, 0.3) is 0 Å². The highest BCUT2D eigenvalue weighted by Crippen LogP contribution is 2.35. The van der Waals surface area contributed by atoms with Gasteiger partial charge >= 0.3 is 0 Å². The van der Waals surface area contributed by atoms with E-state index in [0.717, 1.165) is 28.3 Å². The van der Waals surface area contributed by atoms with Gasteiger partial charge in [0.15, 0.2) is 15.6 Å². The quantitative estimate of drug-likeness (QED) is 0.255. The highest BCUT2D eigenvalue weighted by Gasteiger charge is 2.13. The van der Waals surface area contributed by atoms with Gasteiger partial charge < -0.3 is 9.47 Å². The lowest BCUT2D eigenvalue weighted by Gasteiger charge is -2.12. The Morgan fingerprint density at radius 3 is 2.64 bits per heavy atom.